The molecule has 3 rings (SSSR count). The fraction of sp³-hybridized carbons (Fsp3) is 0.688. The van der Waals surface area contributed by atoms with E-state index >= 15 is 0 Å². The Balaban J connectivity index is 1.42. The Hall–Kier alpha value is -1.69. The third-order valence-electron chi connectivity index (χ3n) is 4.35. The van der Waals surface area contributed by atoms with Gasteiger partial charge in [-0.2, -0.15) is 0 Å². The Morgan fingerprint density at radius 1 is 1.18 bits per heavy atom. The SMILES string of the molecule is O=C(Cc1cnc(NCC2CCCCC2)nc1)NC1COC1. The van der Waals surface area contributed by atoms with Gasteiger partial charge in [0.15, 0.2) is 0 Å². The van der Waals surface area contributed by atoms with Crippen LogP contribution in [0.3, 0.4) is 0 Å². The minimum absolute atomic E-state index is 0.000171. The van der Waals surface area contributed by atoms with Gasteiger partial charge in [-0.1, -0.05) is 19.3 Å². The van der Waals surface area contributed by atoms with Gasteiger partial charge in [0, 0.05) is 18.9 Å². The van der Waals surface area contributed by atoms with Crippen molar-refractivity contribution < 1.29 is 9.53 Å². The summed E-state index contributed by atoms with van der Waals surface area (Å²) in [6.45, 7) is 2.18. The summed E-state index contributed by atoms with van der Waals surface area (Å²) in [5.41, 5.74) is 0.834. The number of amides is 1. The van der Waals surface area contributed by atoms with Gasteiger partial charge < -0.3 is 15.4 Å². The second kappa shape index (κ2) is 7.54. The van der Waals surface area contributed by atoms with Crippen molar-refractivity contribution in [3.05, 3.63) is 18.0 Å². The van der Waals surface area contributed by atoms with Gasteiger partial charge >= 0.3 is 0 Å². The van der Waals surface area contributed by atoms with Crippen molar-refractivity contribution in [2.45, 2.75) is 44.6 Å². The predicted octanol–water partition coefficient (Wildman–Crippen LogP) is 1.53. The Morgan fingerprint density at radius 3 is 2.55 bits per heavy atom. The first-order valence-electron chi connectivity index (χ1n) is 8.21. The van der Waals surface area contributed by atoms with Crippen molar-refractivity contribution in [2.75, 3.05) is 25.1 Å². The summed E-state index contributed by atoms with van der Waals surface area (Å²) in [6.07, 6.45) is 10.4. The highest BCUT2D eigenvalue weighted by Crippen LogP contribution is 2.23. The molecule has 2 fully saturated rings. The topological polar surface area (TPSA) is 76.1 Å². The van der Waals surface area contributed by atoms with Gasteiger partial charge in [0.05, 0.1) is 25.7 Å². The number of anilines is 1. The quantitative estimate of drug-likeness (QED) is 0.833. The van der Waals surface area contributed by atoms with Crippen LogP contribution in [0.5, 0.6) is 0 Å². The molecule has 6 nitrogen and oxygen atoms in total. The van der Waals surface area contributed by atoms with E-state index in [-0.39, 0.29) is 11.9 Å². The van der Waals surface area contributed by atoms with E-state index in [0.29, 0.717) is 25.6 Å². The van der Waals surface area contributed by atoms with Gasteiger partial charge in [0.2, 0.25) is 11.9 Å². The summed E-state index contributed by atoms with van der Waals surface area (Å²) in [4.78, 5) is 20.4. The molecule has 6 heteroatoms. The lowest BCUT2D eigenvalue weighted by Crippen LogP contribution is -2.49. The molecule has 1 saturated carbocycles. The lowest BCUT2D eigenvalue weighted by Gasteiger charge is -2.26. The molecule has 2 aliphatic rings. The summed E-state index contributed by atoms with van der Waals surface area (Å²) < 4.78 is 5.03. The van der Waals surface area contributed by atoms with Crippen molar-refractivity contribution in [3.63, 3.8) is 0 Å². The van der Waals surface area contributed by atoms with Crippen molar-refractivity contribution in [1.29, 1.82) is 0 Å². The normalized spacial score (nSPS) is 19.5. The lowest BCUT2D eigenvalue weighted by atomic mass is 9.89. The van der Waals surface area contributed by atoms with Crippen LogP contribution in [0, 0.1) is 5.92 Å². The number of nitrogens with zero attached hydrogens (tertiary/aromatic N) is 2. The molecule has 22 heavy (non-hydrogen) atoms. The van der Waals surface area contributed by atoms with Gasteiger partial charge in [0.1, 0.15) is 0 Å². The molecule has 2 N–H and O–H groups in total. The molecule has 0 spiro atoms. The molecule has 0 unspecified atom stereocenters. The van der Waals surface area contributed by atoms with E-state index in [4.69, 9.17) is 4.74 Å². The van der Waals surface area contributed by atoms with Crippen LogP contribution in [0.25, 0.3) is 0 Å². The van der Waals surface area contributed by atoms with Crippen molar-refractivity contribution in [1.82, 2.24) is 15.3 Å². The Bertz CT molecular complexity index is 481. The molecule has 1 aromatic rings. The third-order valence-corrected chi connectivity index (χ3v) is 4.35. The van der Waals surface area contributed by atoms with Gasteiger partial charge in [-0.25, -0.2) is 9.97 Å². The van der Waals surface area contributed by atoms with Crippen LogP contribution < -0.4 is 10.6 Å². The number of carbonyl (C=O) groups is 1. The molecular formula is C16H24N4O2. The van der Waals surface area contributed by atoms with Gasteiger partial charge in [-0.3, -0.25) is 4.79 Å². The van der Waals surface area contributed by atoms with Crippen LogP contribution >= 0.6 is 0 Å². The molecule has 0 aromatic carbocycles. The zero-order valence-electron chi connectivity index (χ0n) is 12.9. The monoisotopic (exact) mass is 304 g/mol. The maximum atomic E-state index is 11.8. The molecule has 1 saturated heterocycles. The Labute approximate surface area is 131 Å². The summed E-state index contributed by atoms with van der Waals surface area (Å²) in [5, 5.41) is 6.22. The average Bonchev–Trinajstić information content (AvgIpc) is 2.51. The molecule has 0 atom stereocenters. The highest BCUT2D eigenvalue weighted by atomic mass is 16.5. The van der Waals surface area contributed by atoms with Gasteiger partial charge in [-0.05, 0) is 24.3 Å². The molecule has 1 aliphatic heterocycles. The van der Waals surface area contributed by atoms with Crippen LogP contribution in [0.1, 0.15) is 37.7 Å². The van der Waals surface area contributed by atoms with E-state index < -0.39 is 0 Å². The molecule has 1 aromatic heterocycles. The van der Waals surface area contributed by atoms with Crippen LogP contribution in [0.15, 0.2) is 12.4 Å². The number of aromatic nitrogens is 2. The number of hydrogen-bond donors (Lipinski definition) is 2. The second-order valence-corrected chi connectivity index (χ2v) is 6.28. The summed E-state index contributed by atoms with van der Waals surface area (Å²) in [6, 6.07) is 0.171. The van der Waals surface area contributed by atoms with Crippen LogP contribution in [0.4, 0.5) is 5.95 Å². The minimum Gasteiger partial charge on any atom is -0.377 e. The van der Waals surface area contributed by atoms with Crippen molar-refractivity contribution in [2.24, 2.45) is 5.92 Å². The summed E-state index contributed by atoms with van der Waals surface area (Å²) >= 11 is 0. The van der Waals surface area contributed by atoms with E-state index in [1.165, 1.54) is 32.1 Å². The molecule has 0 bridgehead atoms. The zero-order chi connectivity index (χ0) is 15.2. The van der Waals surface area contributed by atoms with Crippen molar-refractivity contribution >= 4 is 11.9 Å². The van der Waals surface area contributed by atoms with Crippen LogP contribution in [-0.2, 0) is 16.0 Å². The maximum Gasteiger partial charge on any atom is 0.224 e. The highest BCUT2D eigenvalue weighted by molar-refractivity contribution is 5.78. The van der Waals surface area contributed by atoms with Gasteiger partial charge in [-0.15, -0.1) is 0 Å². The number of carbonyl (C=O) groups excluding carboxylic acids is 1. The van der Waals surface area contributed by atoms with E-state index in [2.05, 4.69) is 20.6 Å². The smallest absolute Gasteiger partial charge is 0.224 e. The first-order chi connectivity index (χ1) is 10.8. The number of hydrogen-bond acceptors (Lipinski definition) is 5. The largest absolute Gasteiger partial charge is 0.377 e. The fourth-order valence-electron chi connectivity index (χ4n) is 2.95. The highest BCUT2D eigenvalue weighted by Gasteiger charge is 2.20. The van der Waals surface area contributed by atoms with E-state index in [1.807, 2.05) is 0 Å². The van der Waals surface area contributed by atoms with Crippen molar-refractivity contribution in [3.8, 4) is 0 Å². The molecule has 1 amide bonds. The first-order valence-corrected chi connectivity index (χ1v) is 8.21. The Kier molecular flexibility index (Phi) is 5.21. The molecule has 120 valence electrons. The minimum atomic E-state index is -0.000171. The van der Waals surface area contributed by atoms with E-state index in [1.54, 1.807) is 12.4 Å². The van der Waals surface area contributed by atoms with E-state index in [9.17, 15) is 4.79 Å². The van der Waals surface area contributed by atoms with Gasteiger partial charge in [0.25, 0.3) is 0 Å². The third kappa shape index (κ3) is 4.40. The fourth-order valence-corrected chi connectivity index (χ4v) is 2.95. The standard InChI is InChI=1S/C16H24N4O2/c21-15(20-14-10-22-11-14)6-13-8-18-16(19-9-13)17-7-12-4-2-1-3-5-12/h8-9,12,14H,1-7,10-11H2,(H,20,21)(H,17,18,19). The zero-order valence-corrected chi connectivity index (χ0v) is 12.9. The summed E-state index contributed by atoms with van der Waals surface area (Å²) in [7, 11) is 0. The lowest BCUT2D eigenvalue weighted by molar-refractivity contribution is -0.124. The molecule has 2 heterocycles. The summed E-state index contributed by atoms with van der Waals surface area (Å²) in [5.74, 6) is 1.40. The maximum absolute atomic E-state index is 11.8. The Morgan fingerprint density at radius 2 is 1.91 bits per heavy atom. The number of rotatable bonds is 6. The molecule has 1 aliphatic carbocycles. The average molecular weight is 304 g/mol. The molecule has 0 radical (unpaired) electrons. The number of ether oxygens (including phenoxy) is 1. The second-order valence-electron chi connectivity index (χ2n) is 6.28. The van der Waals surface area contributed by atoms with E-state index in [0.717, 1.165) is 18.0 Å². The predicted molar refractivity (Wildman–Crippen MR) is 83.6 cm³/mol. The molecular weight excluding hydrogens is 280 g/mol. The van der Waals surface area contributed by atoms with Crippen LogP contribution in [-0.4, -0.2) is 41.7 Å². The number of nitrogens with one attached hydrogen (secondary N) is 2. The first kappa shape index (κ1) is 15.2. The van der Waals surface area contributed by atoms with Crippen LogP contribution in [0.2, 0.25) is 0 Å².